The van der Waals surface area contributed by atoms with E-state index in [4.69, 9.17) is 4.74 Å². The second-order valence-corrected chi connectivity index (χ2v) is 12.4. The average Bonchev–Trinajstić information content (AvgIpc) is 2.91. The molecule has 4 aliphatic carbocycles. The van der Waals surface area contributed by atoms with Crippen molar-refractivity contribution in [3.8, 4) is 0 Å². The quantitative estimate of drug-likeness (QED) is 0.680. The summed E-state index contributed by atoms with van der Waals surface area (Å²) in [5.41, 5.74) is -0.310. The maximum absolute atomic E-state index is 10.7. The van der Waals surface area contributed by atoms with E-state index < -0.39 is 11.2 Å². The molecule has 8 atom stereocenters. The highest BCUT2D eigenvalue weighted by Crippen LogP contribution is 2.67. The number of hydrogen-bond donors (Lipinski definition) is 2. The topological polar surface area (TPSA) is 49.7 Å². The van der Waals surface area contributed by atoms with E-state index >= 15 is 0 Å². The summed E-state index contributed by atoms with van der Waals surface area (Å²) in [6, 6.07) is 0. The highest BCUT2D eigenvalue weighted by Gasteiger charge is 2.61. The SMILES string of the molecule is CC(C)(O)CCO[C@H]1CC[C@H]2[C@@H]3CC[C@H]4C[C@@](C)(O)CC[C@]4(C)[C@H]3CC[C@]12C. The lowest BCUT2D eigenvalue weighted by Crippen LogP contribution is -2.56. The molecule has 162 valence electrons. The molecular weight excluding hydrogens is 348 g/mol. The third kappa shape index (κ3) is 3.58. The van der Waals surface area contributed by atoms with Crippen LogP contribution in [0.3, 0.4) is 0 Å². The second kappa shape index (κ2) is 6.95. The van der Waals surface area contributed by atoms with E-state index in [1.165, 1.54) is 44.9 Å². The monoisotopic (exact) mass is 392 g/mol. The molecule has 0 heterocycles. The van der Waals surface area contributed by atoms with Crippen LogP contribution in [0.15, 0.2) is 0 Å². The summed E-state index contributed by atoms with van der Waals surface area (Å²) in [5.74, 6) is 3.21. The van der Waals surface area contributed by atoms with Crippen LogP contribution in [0.5, 0.6) is 0 Å². The fraction of sp³-hybridized carbons (Fsp3) is 1.00. The van der Waals surface area contributed by atoms with Crippen LogP contribution in [0.2, 0.25) is 0 Å². The molecule has 0 aromatic carbocycles. The smallest absolute Gasteiger partial charge is 0.0631 e. The van der Waals surface area contributed by atoms with E-state index in [2.05, 4.69) is 20.8 Å². The average molecular weight is 393 g/mol. The van der Waals surface area contributed by atoms with E-state index in [0.717, 1.165) is 37.0 Å². The van der Waals surface area contributed by atoms with Crippen LogP contribution in [0.4, 0.5) is 0 Å². The molecular formula is C25H44O3. The number of hydrogen-bond acceptors (Lipinski definition) is 3. The summed E-state index contributed by atoms with van der Waals surface area (Å²) in [4.78, 5) is 0. The first-order chi connectivity index (χ1) is 12.9. The van der Waals surface area contributed by atoms with Gasteiger partial charge in [0.15, 0.2) is 0 Å². The molecule has 3 nitrogen and oxygen atoms in total. The Morgan fingerprint density at radius 3 is 2.32 bits per heavy atom. The molecule has 0 aromatic heterocycles. The molecule has 0 spiro atoms. The first-order valence-electron chi connectivity index (χ1n) is 12.0. The van der Waals surface area contributed by atoms with Gasteiger partial charge >= 0.3 is 0 Å². The Morgan fingerprint density at radius 1 is 0.893 bits per heavy atom. The van der Waals surface area contributed by atoms with E-state index in [1.54, 1.807) is 0 Å². The van der Waals surface area contributed by atoms with Crippen LogP contribution >= 0.6 is 0 Å². The van der Waals surface area contributed by atoms with Crippen LogP contribution in [-0.2, 0) is 4.74 Å². The Balaban J connectivity index is 1.46. The Morgan fingerprint density at radius 2 is 1.61 bits per heavy atom. The van der Waals surface area contributed by atoms with Crippen molar-refractivity contribution in [2.75, 3.05) is 6.61 Å². The maximum atomic E-state index is 10.7. The Bertz CT molecular complexity index is 579. The highest BCUT2D eigenvalue weighted by molar-refractivity contribution is 5.10. The zero-order chi connectivity index (χ0) is 20.4. The van der Waals surface area contributed by atoms with Gasteiger partial charge in [0.05, 0.1) is 17.3 Å². The second-order valence-electron chi connectivity index (χ2n) is 12.4. The van der Waals surface area contributed by atoms with Gasteiger partial charge in [-0.1, -0.05) is 13.8 Å². The maximum Gasteiger partial charge on any atom is 0.0631 e. The molecule has 0 unspecified atom stereocenters. The minimum atomic E-state index is -0.633. The van der Waals surface area contributed by atoms with Crippen LogP contribution in [0.1, 0.15) is 98.8 Å². The summed E-state index contributed by atoms with van der Waals surface area (Å²) in [6.45, 7) is 11.6. The number of fused-ring (bicyclic) bond motifs is 5. The van der Waals surface area contributed by atoms with Gasteiger partial charge in [0, 0.05) is 6.61 Å². The molecule has 0 saturated heterocycles. The minimum Gasteiger partial charge on any atom is -0.390 e. The predicted octanol–water partition coefficient (Wildman–Crippen LogP) is 5.33. The fourth-order valence-corrected chi connectivity index (χ4v) is 8.11. The molecule has 4 aliphatic rings. The zero-order valence-electron chi connectivity index (χ0n) is 19.0. The largest absolute Gasteiger partial charge is 0.390 e. The Hall–Kier alpha value is -0.120. The lowest BCUT2D eigenvalue weighted by atomic mass is 9.44. The summed E-state index contributed by atoms with van der Waals surface area (Å²) in [5, 5.41) is 20.7. The summed E-state index contributed by atoms with van der Waals surface area (Å²) in [6.07, 6.45) is 12.1. The molecule has 0 aliphatic heterocycles. The van der Waals surface area contributed by atoms with Crippen molar-refractivity contribution in [2.45, 2.75) is 116 Å². The van der Waals surface area contributed by atoms with Gasteiger partial charge in [-0.05, 0) is 119 Å². The van der Waals surface area contributed by atoms with Gasteiger partial charge in [0.25, 0.3) is 0 Å². The standard InChI is InChI=1S/C25H44O3/c1-22(2,26)14-15-28-21-9-8-19-18-7-6-17-16-23(3,27)12-13-24(17,4)20(18)10-11-25(19,21)5/h17-21,26-27H,6-16H2,1-5H3/t17-,18-,19-,20-,21-,23-,24-,25-/m0/s1. The van der Waals surface area contributed by atoms with Crippen LogP contribution < -0.4 is 0 Å². The van der Waals surface area contributed by atoms with Gasteiger partial charge in [0.1, 0.15) is 0 Å². The normalized spacial score (nSPS) is 51.3. The molecule has 4 saturated carbocycles. The van der Waals surface area contributed by atoms with Crippen LogP contribution in [0.25, 0.3) is 0 Å². The molecule has 4 fully saturated rings. The fourth-order valence-electron chi connectivity index (χ4n) is 8.11. The molecule has 0 amide bonds. The molecule has 28 heavy (non-hydrogen) atoms. The Kier molecular flexibility index (Phi) is 5.25. The number of rotatable bonds is 4. The van der Waals surface area contributed by atoms with Crippen molar-refractivity contribution in [2.24, 2.45) is 34.5 Å². The minimum absolute atomic E-state index is 0.324. The summed E-state index contributed by atoms with van der Waals surface area (Å²) < 4.78 is 6.40. The van der Waals surface area contributed by atoms with E-state index in [0.29, 0.717) is 29.5 Å². The van der Waals surface area contributed by atoms with Crippen LogP contribution in [0, 0.1) is 34.5 Å². The van der Waals surface area contributed by atoms with E-state index in [1.807, 2.05) is 13.8 Å². The van der Waals surface area contributed by atoms with Crippen molar-refractivity contribution in [1.29, 1.82) is 0 Å². The van der Waals surface area contributed by atoms with Crippen molar-refractivity contribution in [1.82, 2.24) is 0 Å². The predicted molar refractivity (Wildman–Crippen MR) is 113 cm³/mol. The molecule has 0 bridgehead atoms. The number of ether oxygens (including phenoxy) is 1. The molecule has 0 radical (unpaired) electrons. The third-order valence-electron chi connectivity index (χ3n) is 9.90. The molecule has 0 aromatic rings. The van der Waals surface area contributed by atoms with E-state index in [-0.39, 0.29) is 0 Å². The van der Waals surface area contributed by atoms with E-state index in [9.17, 15) is 10.2 Å². The summed E-state index contributed by atoms with van der Waals surface area (Å²) in [7, 11) is 0. The van der Waals surface area contributed by atoms with Gasteiger partial charge < -0.3 is 14.9 Å². The summed E-state index contributed by atoms with van der Waals surface area (Å²) >= 11 is 0. The molecule has 2 N–H and O–H groups in total. The van der Waals surface area contributed by atoms with Gasteiger partial charge in [-0.2, -0.15) is 0 Å². The van der Waals surface area contributed by atoms with Gasteiger partial charge in [0.2, 0.25) is 0 Å². The first kappa shape index (κ1) is 21.1. The molecule has 3 heteroatoms. The Labute approximate surface area is 172 Å². The van der Waals surface area contributed by atoms with Crippen molar-refractivity contribution in [3.05, 3.63) is 0 Å². The van der Waals surface area contributed by atoms with Gasteiger partial charge in [-0.3, -0.25) is 0 Å². The number of aliphatic hydroxyl groups is 2. The van der Waals surface area contributed by atoms with Gasteiger partial charge in [-0.15, -0.1) is 0 Å². The highest BCUT2D eigenvalue weighted by atomic mass is 16.5. The lowest BCUT2D eigenvalue weighted by Gasteiger charge is -2.61. The molecule has 4 rings (SSSR count). The van der Waals surface area contributed by atoms with Gasteiger partial charge in [-0.25, -0.2) is 0 Å². The van der Waals surface area contributed by atoms with Crippen molar-refractivity contribution < 1.29 is 14.9 Å². The van der Waals surface area contributed by atoms with Crippen molar-refractivity contribution >= 4 is 0 Å². The lowest BCUT2D eigenvalue weighted by molar-refractivity contribution is -0.156. The first-order valence-corrected chi connectivity index (χ1v) is 12.0. The third-order valence-corrected chi connectivity index (χ3v) is 9.90. The van der Waals surface area contributed by atoms with Crippen LogP contribution in [-0.4, -0.2) is 34.1 Å². The zero-order valence-corrected chi connectivity index (χ0v) is 19.0. The van der Waals surface area contributed by atoms with Crippen molar-refractivity contribution in [3.63, 3.8) is 0 Å².